The molecule has 0 saturated carbocycles. The number of hydrogen-bond donors (Lipinski definition) is 1. The van der Waals surface area contributed by atoms with Crippen LogP contribution >= 0.6 is 0 Å². The molecule has 1 N–H and O–H groups in total. The number of amides is 1. The van der Waals surface area contributed by atoms with Gasteiger partial charge in [-0.2, -0.15) is 0 Å². The summed E-state index contributed by atoms with van der Waals surface area (Å²) in [6.07, 6.45) is 3.06. The number of rotatable bonds is 6. The van der Waals surface area contributed by atoms with Crippen LogP contribution in [0.2, 0.25) is 0 Å². The molecule has 2 aromatic heterocycles. The van der Waals surface area contributed by atoms with E-state index in [0.29, 0.717) is 35.2 Å². The Morgan fingerprint density at radius 3 is 2.67 bits per heavy atom. The number of carbonyl (C=O) groups is 1. The fourth-order valence-corrected chi connectivity index (χ4v) is 2.27. The average molecular weight is 330 g/mol. The summed E-state index contributed by atoms with van der Waals surface area (Å²) < 4.78 is 10.2. The lowest BCUT2D eigenvalue weighted by molar-refractivity contribution is 0.102. The van der Waals surface area contributed by atoms with E-state index in [9.17, 15) is 9.59 Å². The van der Waals surface area contributed by atoms with Gasteiger partial charge in [-0.05, 0) is 37.0 Å². The summed E-state index contributed by atoms with van der Waals surface area (Å²) in [7, 11) is 1.51. The molecular formula is C18H22N2O4. The number of nitrogens with zero attached hydrogens (tertiary/aromatic N) is 1. The zero-order valence-electron chi connectivity index (χ0n) is 14.4. The molecule has 0 spiro atoms. The van der Waals surface area contributed by atoms with Gasteiger partial charge >= 0.3 is 5.63 Å². The van der Waals surface area contributed by atoms with E-state index in [1.165, 1.54) is 13.3 Å². The second kappa shape index (κ2) is 7.77. The van der Waals surface area contributed by atoms with Gasteiger partial charge in [-0.3, -0.25) is 4.79 Å². The van der Waals surface area contributed by atoms with Crippen LogP contribution in [-0.4, -0.2) is 18.0 Å². The number of pyridine rings is 1. The van der Waals surface area contributed by atoms with Crippen LogP contribution < -0.4 is 15.7 Å². The Hall–Kier alpha value is -2.63. The lowest BCUT2D eigenvalue weighted by Gasteiger charge is -2.09. The molecule has 0 aliphatic heterocycles. The molecule has 0 bridgehead atoms. The molecule has 6 nitrogen and oxygen atoms in total. The van der Waals surface area contributed by atoms with Gasteiger partial charge in [0.15, 0.2) is 0 Å². The van der Waals surface area contributed by atoms with Gasteiger partial charge in [0.2, 0.25) is 5.88 Å². The summed E-state index contributed by atoms with van der Waals surface area (Å²) in [4.78, 5) is 28.5. The van der Waals surface area contributed by atoms with Crippen molar-refractivity contribution >= 4 is 11.6 Å². The Balaban J connectivity index is 2.17. The Kier molecular flexibility index (Phi) is 5.73. The number of nitrogens with one attached hydrogen (secondary N) is 1. The molecule has 2 rings (SSSR count). The first-order valence-corrected chi connectivity index (χ1v) is 7.85. The number of carbonyl (C=O) groups excluding carboxylic acids is 1. The van der Waals surface area contributed by atoms with Crippen LogP contribution in [0.5, 0.6) is 5.88 Å². The largest absolute Gasteiger partial charge is 0.481 e. The number of aryl methyl sites for hydroxylation is 2. The van der Waals surface area contributed by atoms with Crippen molar-refractivity contribution in [3.8, 4) is 5.88 Å². The SMILES string of the molecule is COc1ccc(NC(=O)c2c(C)cc(CCC(C)C)oc2=O)cn1. The van der Waals surface area contributed by atoms with E-state index >= 15 is 0 Å². The van der Waals surface area contributed by atoms with E-state index in [0.717, 1.165) is 6.42 Å². The van der Waals surface area contributed by atoms with Crippen molar-refractivity contribution in [1.29, 1.82) is 0 Å². The van der Waals surface area contributed by atoms with Gasteiger partial charge in [0, 0.05) is 12.5 Å². The topological polar surface area (TPSA) is 81.4 Å². The van der Waals surface area contributed by atoms with Crippen molar-refractivity contribution in [3.63, 3.8) is 0 Å². The minimum atomic E-state index is -0.618. The van der Waals surface area contributed by atoms with Gasteiger partial charge in [0.25, 0.3) is 5.91 Å². The number of aromatic nitrogens is 1. The van der Waals surface area contributed by atoms with Crippen molar-refractivity contribution in [3.05, 3.63) is 51.7 Å². The predicted octanol–water partition coefficient (Wildman–Crippen LogP) is 3.19. The monoisotopic (exact) mass is 330 g/mol. The molecule has 0 unspecified atom stereocenters. The molecule has 24 heavy (non-hydrogen) atoms. The van der Waals surface area contributed by atoms with E-state index in [4.69, 9.17) is 9.15 Å². The first-order valence-electron chi connectivity index (χ1n) is 7.85. The van der Waals surface area contributed by atoms with Crippen LogP contribution in [0, 0.1) is 12.8 Å². The van der Waals surface area contributed by atoms with Crippen LogP contribution in [0.1, 0.15) is 41.9 Å². The van der Waals surface area contributed by atoms with E-state index in [1.807, 2.05) is 0 Å². The second-order valence-electron chi connectivity index (χ2n) is 6.03. The van der Waals surface area contributed by atoms with Crippen LogP contribution in [0.15, 0.2) is 33.6 Å². The highest BCUT2D eigenvalue weighted by Gasteiger charge is 2.17. The maximum atomic E-state index is 12.4. The molecule has 1 amide bonds. The number of hydrogen-bond acceptors (Lipinski definition) is 5. The lowest BCUT2D eigenvalue weighted by atomic mass is 10.0. The molecule has 0 aliphatic carbocycles. The maximum Gasteiger partial charge on any atom is 0.349 e. The van der Waals surface area contributed by atoms with Crippen LogP contribution in [0.25, 0.3) is 0 Å². The summed E-state index contributed by atoms with van der Waals surface area (Å²) in [6, 6.07) is 5.03. The fourth-order valence-electron chi connectivity index (χ4n) is 2.27. The standard InChI is InChI=1S/C18H22N2O4/c1-11(2)5-7-14-9-12(3)16(18(22)24-14)17(21)20-13-6-8-15(23-4)19-10-13/h6,8-11H,5,7H2,1-4H3,(H,20,21). The van der Waals surface area contributed by atoms with Crippen LogP contribution in [0.3, 0.4) is 0 Å². The second-order valence-corrected chi connectivity index (χ2v) is 6.03. The van der Waals surface area contributed by atoms with E-state index in [-0.39, 0.29) is 5.56 Å². The molecule has 128 valence electrons. The zero-order chi connectivity index (χ0) is 17.7. The van der Waals surface area contributed by atoms with Crippen molar-refractivity contribution in [2.75, 3.05) is 12.4 Å². The molecular weight excluding hydrogens is 308 g/mol. The smallest absolute Gasteiger partial charge is 0.349 e. The van der Waals surface area contributed by atoms with Crippen molar-refractivity contribution in [1.82, 2.24) is 4.98 Å². The minimum absolute atomic E-state index is 0.0131. The molecule has 0 saturated heterocycles. The first-order chi connectivity index (χ1) is 11.4. The number of ether oxygens (including phenoxy) is 1. The van der Waals surface area contributed by atoms with Gasteiger partial charge in [-0.15, -0.1) is 0 Å². The van der Waals surface area contributed by atoms with Crippen LogP contribution in [-0.2, 0) is 6.42 Å². The van der Waals surface area contributed by atoms with Crippen molar-refractivity contribution < 1.29 is 13.9 Å². The van der Waals surface area contributed by atoms with Gasteiger partial charge < -0.3 is 14.5 Å². The van der Waals surface area contributed by atoms with E-state index in [2.05, 4.69) is 24.1 Å². The third-order valence-electron chi connectivity index (χ3n) is 3.60. The third-order valence-corrected chi connectivity index (χ3v) is 3.60. The Morgan fingerprint density at radius 2 is 2.12 bits per heavy atom. The predicted molar refractivity (Wildman–Crippen MR) is 91.6 cm³/mol. The van der Waals surface area contributed by atoms with Gasteiger partial charge in [-0.1, -0.05) is 13.8 Å². The summed E-state index contributed by atoms with van der Waals surface area (Å²) in [6.45, 7) is 5.95. The maximum absolute atomic E-state index is 12.4. The highest BCUT2D eigenvalue weighted by atomic mass is 16.5. The van der Waals surface area contributed by atoms with Crippen molar-refractivity contribution in [2.24, 2.45) is 5.92 Å². The first kappa shape index (κ1) is 17.7. The van der Waals surface area contributed by atoms with Gasteiger partial charge in [0.1, 0.15) is 11.3 Å². The lowest BCUT2D eigenvalue weighted by Crippen LogP contribution is -2.23. The van der Waals surface area contributed by atoms with Gasteiger partial charge in [-0.25, -0.2) is 9.78 Å². The van der Waals surface area contributed by atoms with E-state index in [1.54, 1.807) is 25.1 Å². The molecule has 0 aromatic carbocycles. The summed E-state index contributed by atoms with van der Waals surface area (Å²) in [5, 5.41) is 2.64. The highest BCUT2D eigenvalue weighted by molar-refractivity contribution is 6.04. The molecule has 0 radical (unpaired) electrons. The highest BCUT2D eigenvalue weighted by Crippen LogP contribution is 2.15. The summed E-state index contributed by atoms with van der Waals surface area (Å²) >= 11 is 0. The molecule has 0 atom stereocenters. The average Bonchev–Trinajstić information content (AvgIpc) is 2.53. The normalized spacial score (nSPS) is 10.7. The Bertz CT molecular complexity index is 764. The Morgan fingerprint density at radius 1 is 1.38 bits per heavy atom. The third kappa shape index (κ3) is 4.44. The quantitative estimate of drug-likeness (QED) is 0.879. The fraction of sp³-hybridized carbons (Fsp3) is 0.389. The molecule has 2 heterocycles. The summed E-state index contributed by atoms with van der Waals surface area (Å²) in [5.41, 5.74) is 0.472. The van der Waals surface area contributed by atoms with Crippen molar-refractivity contribution in [2.45, 2.75) is 33.6 Å². The minimum Gasteiger partial charge on any atom is -0.481 e. The zero-order valence-corrected chi connectivity index (χ0v) is 14.4. The molecule has 6 heteroatoms. The van der Waals surface area contributed by atoms with Crippen LogP contribution in [0.4, 0.5) is 5.69 Å². The molecule has 2 aromatic rings. The van der Waals surface area contributed by atoms with Gasteiger partial charge in [0.05, 0.1) is 19.0 Å². The summed E-state index contributed by atoms with van der Waals surface area (Å²) in [5.74, 6) is 1.05. The molecule has 0 fully saturated rings. The Labute approximate surface area is 140 Å². The number of methoxy groups -OCH3 is 1. The molecule has 0 aliphatic rings. The number of anilines is 1. The van der Waals surface area contributed by atoms with E-state index < -0.39 is 11.5 Å².